The second-order valence-electron chi connectivity index (χ2n) is 6.31. The molecule has 0 saturated carbocycles. The van der Waals surface area contributed by atoms with Crippen LogP contribution in [0.1, 0.15) is 31.8 Å². The number of ether oxygens (including phenoxy) is 2. The molecule has 0 unspecified atom stereocenters. The fraction of sp³-hybridized carbons (Fsp3) is 0.0909. The van der Waals surface area contributed by atoms with Crippen molar-refractivity contribution in [2.75, 3.05) is 14.2 Å². The number of carbonyl (C=O) groups excluding carboxylic acids is 2. The van der Waals surface area contributed by atoms with Crippen LogP contribution in [0.3, 0.4) is 0 Å². The van der Waals surface area contributed by atoms with E-state index in [4.69, 9.17) is 9.47 Å². The second-order valence-corrected chi connectivity index (χ2v) is 6.31. The first-order valence-corrected chi connectivity index (χ1v) is 8.47. The number of phenols is 2. The minimum Gasteiger partial charge on any atom is -0.507 e. The molecule has 28 heavy (non-hydrogen) atoms. The van der Waals surface area contributed by atoms with Gasteiger partial charge < -0.3 is 19.7 Å². The third kappa shape index (κ3) is 2.42. The average Bonchev–Trinajstić information content (AvgIpc) is 2.69. The lowest BCUT2D eigenvalue weighted by molar-refractivity contribution is 0.0998. The second kappa shape index (κ2) is 6.42. The van der Waals surface area contributed by atoms with Gasteiger partial charge in [-0.1, -0.05) is 24.3 Å². The van der Waals surface area contributed by atoms with E-state index in [0.29, 0.717) is 22.6 Å². The van der Waals surface area contributed by atoms with Crippen molar-refractivity contribution >= 4 is 23.1 Å². The van der Waals surface area contributed by atoms with E-state index < -0.39 is 11.6 Å². The zero-order valence-corrected chi connectivity index (χ0v) is 15.1. The molecule has 2 aliphatic rings. The number of aromatic hydroxyl groups is 2. The summed E-state index contributed by atoms with van der Waals surface area (Å²) >= 11 is 0. The molecule has 0 fully saturated rings. The highest BCUT2D eigenvalue weighted by molar-refractivity contribution is 6.26. The number of hydrogen-bond acceptors (Lipinski definition) is 6. The fourth-order valence-corrected chi connectivity index (χ4v) is 3.52. The molecule has 0 aromatic heterocycles. The Morgan fingerprint density at radius 1 is 0.679 bits per heavy atom. The molecular weight excluding hydrogens is 360 g/mol. The van der Waals surface area contributed by atoms with Crippen molar-refractivity contribution in [3.8, 4) is 11.5 Å². The normalized spacial score (nSPS) is 18.1. The van der Waals surface area contributed by atoms with Gasteiger partial charge in [-0.15, -0.1) is 0 Å². The number of methoxy groups -OCH3 is 2. The number of Topliss-reactive ketones (excluding diaryl/α,β-unsaturated/α-hetero) is 2. The molecule has 4 rings (SSSR count). The van der Waals surface area contributed by atoms with E-state index in [2.05, 4.69) is 0 Å². The lowest BCUT2D eigenvalue weighted by Crippen LogP contribution is -2.19. The zero-order valence-electron chi connectivity index (χ0n) is 15.1. The van der Waals surface area contributed by atoms with E-state index in [0.717, 1.165) is 0 Å². The predicted molar refractivity (Wildman–Crippen MR) is 102 cm³/mol. The molecule has 0 saturated heterocycles. The van der Waals surface area contributed by atoms with E-state index in [-0.39, 0.29) is 33.8 Å². The highest BCUT2D eigenvalue weighted by Gasteiger charge is 2.34. The molecule has 0 heterocycles. The summed E-state index contributed by atoms with van der Waals surface area (Å²) in [5, 5.41) is 20.5. The smallest absolute Gasteiger partial charge is 0.198 e. The minimum atomic E-state index is -0.511. The van der Waals surface area contributed by atoms with Gasteiger partial charge in [-0.2, -0.15) is 0 Å². The minimum absolute atomic E-state index is 0.0549. The molecule has 0 atom stereocenters. The highest BCUT2D eigenvalue weighted by Crippen LogP contribution is 2.40. The van der Waals surface area contributed by atoms with Crippen molar-refractivity contribution in [1.82, 2.24) is 0 Å². The van der Waals surface area contributed by atoms with E-state index >= 15 is 0 Å². The van der Waals surface area contributed by atoms with E-state index in [1.54, 1.807) is 24.3 Å². The van der Waals surface area contributed by atoms with Crippen LogP contribution < -0.4 is 0 Å². The van der Waals surface area contributed by atoms with Crippen molar-refractivity contribution in [2.24, 2.45) is 0 Å². The van der Waals surface area contributed by atoms with Crippen LogP contribution in [0, 0.1) is 0 Å². The van der Waals surface area contributed by atoms with Gasteiger partial charge in [0.2, 0.25) is 0 Å². The van der Waals surface area contributed by atoms with Gasteiger partial charge in [0.05, 0.1) is 25.3 Å². The first-order valence-electron chi connectivity index (χ1n) is 8.47. The first kappa shape index (κ1) is 17.6. The fourth-order valence-electron chi connectivity index (χ4n) is 3.52. The molecule has 6 heteroatoms. The molecule has 2 N–H and O–H groups in total. The quantitative estimate of drug-likeness (QED) is 0.780. The highest BCUT2D eigenvalue weighted by atomic mass is 16.5. The van der Waals surface area contributed by atoms with Crippen LogP contribution in [-0.4, -0.2) is 36.0 Å². The van der Waals surface area contributed by atoms with Gasteiger partial charge in [0, 0.05) is 22.3 Å². The lowest BCUT2D eigenvalue weighted by Gasteiger charge is -2.23. The molecule has 0 bridgehead atoms. The van der Waals surface area contributed by atoms with Gasteiger partial charge in [-0.3, -0.25) is 9.59 Å². The van der Waals surface area contributed by atoms with Crippen LogP contribution in [-0.2, 0) is 9.47 Å². The Hall–Kier alpha value is -3.80. The molecule has 6 nitrogen and oxygen atoms in total. The monoisotopic (exact) mass is 376 g/mol. The molecule has 0 spiro atoms. The molecule has 0 aliphatic heterocycles. The maximum Gasteiger partial charge on any atom is 0.198 e. The molecule has 0 amide bonds. The maximum absolute atomic E-state index is 13.1. The van der Waals surface area contributed by atoms with Crippen molar-refractivity contribution in [3.63, 3.8) is 0 Å². The van der Waals surface area contributed by atoms with Crippen LogP contribution in [0.15, 0.2) is 59.7 Å². The Kier molecular flexibility index (Phi) is 4.04. The van der Waals surface area contributed by atoms with Gasteiger partial charge >= 0.3 is 0 Å². The van der Waals surface area contributed by atoms with Gasteiger partial charge in [0.1, 0.15) is 23.0 Å². The summed E-state index contributed by atoms with van der Waals surface area (Å²) in [5.74, 6) is -0.741. The number of allylic oxidation sites excluding steroid dienone is 4. The summed E-state index contributed by atoms with van der Waals surface area (Å²) in [6.07, 6.45) is 2.93. The summed E-state index contributed by atoms with van der Waals surface area (Å²) in [6, 6.07) is 9.33. The summed E-state index contributed by atoms with van der Waals surface area (Å²) in [5.41, 5.74) is 1.12. The Bertz CT molecular complexity index is 1040. The van der Waals surface area contributed by atoms with Crippen molar-refractivity contribution < 1.29 is 29.3 Å². The number of rotatable bonds is 2. The van der Waals surface area contributed by atoms with Crippen LogP contribution in [0.2, 0.25) is 0 Å². The Balaban J connectivity index is 2.02. The largest absolute Gasteiger partial charge is 0.507 e. The van der Waals surface area contributed by atoms with Gasteiger partial charge in [-0.25, -0.2) is 0 Å². The Labute approximate surface area is 160 Å². The number of phenolic OH excluding ortho intramolecular Hbond substituents is 2. The standard InChI is InChI=1S/C22H16O6/c1-27-17-9-13(21(25)19-11(17)5-3-7-15(19)23)14-10-18(28-2)12-6-4-8-16(24)20(12)22(14)26/h3-10,23-24H,1-2H3/b14-13-. The van der Waals surface area contributed by atoms with E-state index in [9.17, 15) is 19.8 Å². The van der Waals surface area contributed by atoms with Crippen LogP contribution in [0.4, 0.5) is 0 Å². The molecule has 2 aromatic rings. The van der Waals surface area contributed by atoms with Crippen LogP contribution in [0.25, 0.3) is 11.5 Å². The third-order valence-electron chi connectivity index (χ3n) is 4.84. The molecule has 140 valence electrons. The number of fused-ring (bicyclic) bond motifs is 2. The molecular formula is C22H16O6. The number of carbonyl (C=O) groups is 2. The van der Waals surface area contributed by atoms with Crippen LogP contribution >= 0.6 is 0 Å². The van der Waals surface area contributed by atoms with Crippen molar-refractivity contribution in [2.45, 2.75) is 0 Å². The maximum atomic E-state index is 13.1. The van der Waals surface area contributed by atoms with Gasteiger partial charge in [-0.05, 0) is 24.3 Å². The molecule has 2 aromatic carbocycles. The molecule has 0 radical (unpaired) electrons. The van der Waals surface area contributed by atoms with Crippen molar-refractivity contribution in [1.29, 1.82) is 0 Å². The summed E-state index contributed by atoms with van der Waals surface area (Å²) in [6.45, 7) is 0. The topological polar surface area (TPSA) is 93.1 Å². The number of ketones is 2. The summed E-state index contributed by atoms with van der Waals surface area (Å²) < 4.78 is 10.7. The number of benzene rings is 2. The zero-order chi connectivity index (χ0) is 20.0. The lowest BCUT2D eigenvalue weighted by atomic mass is 9.82. The number of hydrogen-bond donors (Lipinski definition) is 2. The Morgan fingerprint density at radius 2 is 1.07 bits per heavy atom. The first-order chi connectivity index (χ1) is 13.5. The van der Waals surface area contributed by atoms with Crippen LogP contribution in [0.5, 0.6) is 11.5 Å². The summed E-state index contributed by atoms with van der Waals surface area (Å²) in [7, 11) is 2.88. The predicted octanol–water partition coefficient (Wildman–Crippen LogP) is 3.46. The van der Waals surface area contributed by atoms with Crippen molar-refractivity contribution in [3.05, 3.63) is 82.0 Å². The summed E-state index contributed by atoms with van der Waals surface area (Å²) in [4.78, 5) is 26.3. The van der Waals surface area contributed by atoms with E-state index in [1.807, 2.05) is 0 Å². The van der Waals surface area contributed by atoms with Gasteiger partial charge in [0.15, 0.2) is 11.6 Å². The Morgan fingerprint density at radius 3 is 1.43 bits per heavy atom. The van der Waals surface area contributed by atoms with Gasteiger partial charge in [0.25, 0.3) is 0 Å². The third-order valence-corrected chi connectivity index (χ3v) is 4.84. The molecule has 2 aliphatic carbocycles. The van der Waals surface area contributed by atoms with E-state index in [1.165, 1.54) is 38.5 Å². The SMILES string of the molecule is COC1=C/C(=C2\C=C(OC)c3cccc(O)c3C2=O)C(=O)c2c(O)cccc21. The average molecular weight is 376 g/mol.